The summed E-state index contributed by atoms with van der Waals surface area (Å²) in [5.41, 5.74) is 3.39. The molecule has 3 heterocycles. The second-order valence-electron chi connectivity index (χ2n) is 7.40. The van der Waals surface area contributed by atoms with Gasteiger partial charge < -0.3 is 10.6 Å². The Morgan fingerprint density at radius 2 is 2.04 bits per heavy atom. The van der Waals surface area contributed by atoms with Gasteiger partial charge in [0.05, 0.1) is 6.20 Å². The molecule has 2 unspecified atom stereocenters. The number of aromatic nitrogens is 3. The van der Waals surface area contributed by atoms with Crippen LogP contribution in [0.1, 0.15) is 50.8 Å². The van der Waals surface area contributed by atoms with E-state index < -0.39 is 0 Å². The number of fused-ring (bicyclic) bond motifs is 3. The fraction of sp³-hybridized carbons (Fsp3) is 0.667. The Kier molecular flexibility index (Phi) is 3.76. The van der Waals surface area contributed by atoms with Crippen LogP contribution >= 0.6 is 0 Å². The minimum absolute atomic E-state index is 0.440. The molecule has 2 aromatic heterocycles. The van der Waals surface area contributed by atoms with Crippen LogP contribution in [0.3, 0.4) is 0 Å². The zero-order valence-electron chi connectivity index (χ0n) is 14.3. The topological polar surface area (TPSA) is 54.2 Å². The maximum Gasteiger partial charge on any atom is 0.161 e. The van der Waals surface area contributed by atoms with Gasteiger partial charge in [-0.1, -0.05) is 20.8 Å². The van der Waals surface area contributed by atoms with Crippen molar-refractivity contribution < 1.29 is 0 Å². The van der Waals surface area contributed by atoms with E-state index in [4.69, 9.17) is 4.98 Å². The van der Waals surface area contributed by atoms with Gasteiger partial charge in [0, 0.05) is 23.4 Å². The first-order chi connectivity index (χ1) is 11.2. The Morgan fingerprint density at radius 3 is 2.70 bits per heavy atom. The van der Waals surface area contributed by atoms with Gasteiger partial charge in [-0.25, -0.2) is 4.98 Å². The molecule has 1 saturated carbocycles. The van der Waals surface area contributed by atoms with Crippen LogP contribution in [0, 0.1) is 11.8 Å². The standard InChI is InChI=1S/C18H27N5/c1-4-14-7-16(22-17-12-5-6-13(17)9-19-8-12)23-18(21-14)15(10-20-23)11(2)3/h7,10-13,17,19,22H,4-6,8-9H2,1-3H3. The summed E-state index contributed by atoms with van der Waals surface area (Å²) < 4.78 is 2.01. The Hall–Kier alpha value is -1.62. The predicted octanol–water partition coefficient (Wildman–Crippen LogP) is 2.83. The zero-order chi connectivity index (χ0) is 16.0. The molecular formula is C18H27N5. The molecule has 0 aromatic carbocycles. The summed E-state index contributed by atoms with van der Waals surface area (Å²) in [6.45, 7) is 8.86. The molecular weight excluding hydrogens is 286 g/mol. The Labute approximate surface area is 137 Å². The summed E-state index contributed by atoms with van der Waals surface area (Å²) in [7, 11) is 0. The number of hydrogen-bond donors (Lipinski definition) is 2. The van der Waals surface area contributed by atoms with E-state index in [1.165, 1.54) is 18.4 Å². The number of rotatable bonds is 4. The van der Waals surface area contributed by atoms with Gasteiger partial charge >= 0.3 is 0 Å². The van der Waals surface area contributed by atoms with Crippen molar-refractivity contribution in [1.82, 2.24) is 19.9 Å². The molecule has 0 amide bonds. The Bertz CT molecular complexity index is 689. The number of nitrogens with one attached hydrogen (secondary N) is 2. The number of aryl methyl sites for hydroxylation is 1. The van der Waals surface area contributed by atoms with Crippen LogP contribution in [0.4, 0.5) is 5.82 Å². The van der Waals surface area contributed by atoms with Gasteiger partial charge in [0.15, 0.2) is 5.65 Å². The first-order valence-corrected chi connectivity index (χ1v) is 9.02. The normalized spacial score (nSPS) is 27.0. The summed E-state index contributed by atoms with van der Waals surface area (Å²) in [4.78, 5) is 4.83. The molecule has 2 fully saturated rings. The van der Waals surface area contributed by atoms with Gasteiger partial charge in [-0.2, -0.15) is 9.61 Å². The molecule has 5 heteroatoms. The number of anilines is 1. The van der Waals surface area contributed by atoms with Crippen molar-refractivity contribution in [2.75, 3.05) is 18.4 Å². The number of nitrogens with zero attached hydrogens (tertiary/aromatic N) is 3. The maximum atomic E-state index is 4.83. The lowest BCUT2D eigenvalue weighted by Gasteiger charge is -2.32. The number of hydrogen-bond acceptors (Lipinski definition) is 4. The lowest BCUT2D eigenvalue weighted by molar-refractivity contribution is 0.341. The van der Waals surface area contributed by atoms with Gasteiger partial charge in [-0.05, 0) is 50.1 Å². The van der Waals surface area contributed by atoms with Crippen LogP contribution in [0.5, 0.6) is 0 Å². The second kappa shape index (κ2) is 5.78. The fourth-order valence-electron chi connectivity index (χ4n) is 4.21. The van der Waals surface area contributed by atoms with Crippen LogP contribution in [0.2, 0.25) is 0 Å². The smallest absolute Gasteiger partial charge is 0.161 e. The van der Waals surface area contributed by atoms with Crippen molar-refractivity contribution in [3.05, 3.63) is 23.5 Å². The summed E-state index contributed by atoms with van der Waals surface area (Å²) in [6, 6.07) is 2.75. The third-order valence-electron chi connectivity index (χ3n) is 5.59. The van der Waals surface area contributed by atoms with Crippen molar-refractivity contribution in [3.8, 4) is 0 Å². The lowest BCUT2D eigenvalue weighted by Crippen LogP contribution is -2.45. The first-order valence-electron chi connectivity index (χ1n) is 9.02. The van der Waals surface area contributed by atoms with Crippen LogP contribution in [-0.4, -0.2) is 33.7 Å². The number of piperidine rings is 1. The lowest BCUT2D eigenvalue weighted by atomic mass is 9.93. The first kappa shape index (κ1) is 14.9. The van der Waals surface area contributed by atoms with E-state index in [0.717, 1.165) is 48.5 Å². The minimum atomic E-state index is 0.440. The van der Waals surface area contributed by atoms with Crippen molar-refractivity contribution in [2.45, 2.75) is 52.0 Å². The van der Waals surface area contributed by atoms with Crippen LogP contribution < -0.4 is 10.6 Å². The molecule has 124 valence electrons. The molecule has 2 aromatic rings. The monoisotopic (exact) mass is 313 g/mol. The molecule has 5 nitrogen and oxygen atoms in total. The molecule has 1 saturated heterocycles. The molecule has 2 atom stereocenters. The van der Waals surface area contributed by atoms with Crippen molar-refractivity contribution in [3.63, 3.8) is 0 Å². The highest BCUT2D eigenvalue weighted by Crippen LogP contribution is 2.36. The second-order valence-corrected chi connectivity index (χ2v) is 7.40. The van der Waals surface area contributed by atoms with E-state index in [1.54, 1.807) is 0 Å². The van der Waals surface area contributed by atoms with E-state index >= 15 is 0 Å². The van der Waals surface area contributed by atoms with Gasteiger partial charge in [0.2, 0.25) is 0 Å². The fourth-order valence-corrected chi connectivity index (χ4v) is 4.21. The minimum Gasteiger partial charge on any atom is -0.367 e. The van der Waals surface area contributed by atoms with E-state index in [2.05, 4.69) is 42.6 Å². The molecule has 2 N–H and O–H groups in total. The molecule has 4 rings (SSSR count). The van der Waals surface area contributed by atoms with E-state index in [0.29, 0.717) is 12.0 Å². The SMILES string of the molecule is CCc1cc(NC2C3CCC2CNC3)n2ncc(C(C)C)c2n1. The highest BCUT2D eigenvalue weighted by atomic mass is 15.3. The van der Waals surface area contributed by atoms with Gasteiger partial charge in [-0.15, -0.1) is 0 Å². The van der Waals surface area contributed by atoms with Crippen LogP contribution in [-0.2, 0) is 6.42 Å². The molecule has 0 radical (unpaired) electrons. The highest BCUT2D eigenvalue weighted by Gasteiger charge is 2.39. The third kappa shape index (κ3) is 2.51. The van der Waals surface area contributed by atoms with Gasteiger partial charge in [0.1, 0.15) is 5.82 Å². The van der Waals surface area contributed by atoms with E-state index in [9.17, 15) is 0 Å². The predicted molar refractivity (Wildman–Crippen MR) is 92.9 cm³/mol. The quantitative estimate of drug-likeness (QED) is 0.911. The summed E-state index contributed by atoms with van der Waals surface area (Å²) in [6.07, 6.45) is 5.60. The summed E-state index contributed by atoms with van der Waals surface area (Å²) in [5, 5.41) is 12.0. The van der Waals surface area contributed by atoms with E-state index in [-0.39, 0.29) is 0 Å². The summed E-state index contributed by atoms with van der Waals surface area (Å²) >= 11 is 0. The Morgan fingerprint density at radius 1 is 1.30 bits per heavy atom. The zero-order valence-corrected chi connectivity index (χ0v) is 14.3. The molecule has 23 heavy (non-hydrogen) atoms. The van der Waals surface area contributed by atoms with Crippen LogP contribution in [0.25, 0.3) is 5.65 Å². The average molecular weight is 313 g/mol. The molecule has 2 bridgehead atoms. The molecule has 1 aliphatic heterocycles. The molecule has 1 aliphatic carbocycles. The highest BCUT2D eigenvalue weighted by molar-refractivity contribution is 5.56. The van der Waals surface area contributed by atoms with Crippen molar-refractivity contribution in [2.24, 2.45) is 11.8 Å². The maximum absolute atomic E-state index is 4.83. The molecule has 0 spiro atoms. The van der Waals surface area contributed by atoms with Gasteiger partial charge in [-0.3, -0.25) is 0 Å². The van der Waals surface area contributed by atoms with Crippen LogP contribution in [0.15, 0.2) is 12.3 Å². The van der Waals surface area contributed by atoms with Crippen molar-refractivity contribution >= 4 is 11.5 Å². The van der Waals surface area contributed by atoms with E-state index in [1.807, 2.05) is 10.7 Å². The summed E-state index contributed by atoms with van der Waals surface area (Å²) in [5.74, 6) is 3.03. The average Bonchev–Trinajstić information content (AvgIpc) is 3.05. The third-order valence-corrected chi connectivity index (χ3v) is 5.59. The largest absolute Gasteiger partial charge is 0.367 e. The van der Waals surface area contributed by atoms with Gasteiger partial charge in [0.25, 0.3) is 0 Å². The molecule has 2 aliphatic rings. The van der Waals surface area contributed by atoms with Crippen molar-refractivity contribution in [1.29, 1.82) is 0 Å². The Balaban J connectivity index is 1.74.